The lowest BCUT2D eigenvalue weighted by molar-refractivity contribution is 0.490. The number of rotatable bonds is 2. The third-order valence-corrected chi connectivity index (χ3v) is 4.49. The van der Waals surface area contributed by atoms with Gasteiger partial charge in [0.15, 0.2) is 17.5 Å². The van der Waals surface area contributed by atoms with Crippen molar-refractivity contribution >= 4 is 28.2 Å². The van der Waals surface area contributed by atoms with E-state index in [0.29, 0.717) is 21.5 Å². The van der Waals surface area contributed by atoms with Crippen LogP contribution >= 0.6 is 11.6 Å². The standard InChI is InChI=1S/C18H12ClF3N6O2/c1-26-7-8-3-14(9(19)4-13(8)25-26)23-16-24-17(29)27(2)18(30)28(16)15-6-11(21)10(20)5-12(15)22/h3-7H,1-2H3,(H,23,24,29)/i2D2. The molecule has 0 atom stereocenters. The number of nitrogens with one attached hydrogen (secondary N) is 1. The zero-order chi connectivity index (χ0) is 23.3. The zero-order valence-corrected chi connectivity index (χ0v) is 15.8. The van der Waals surface area contributed by atoms with Gasteiger partial charge in [-0.05, 0) is 12.1 Å². The molecule has 8 nitrogen and oxygen atoms in total. The molecule has 0 saturated heterocycles. The molecule has 0 aliphatic rings. The maximum Gasteiger partial charge on any atom is 0.339 e. The third-order valence-electron chi connectivity index (χ3n) is 4.19. The van der Waals surface area contributed by atoms with Gasteiger partial charge in [0.05, 0.1) is 21.9 Å². The number of benzene rings is 2. The summed E-state index contributed by atoms with van der Waals surface area (Å²) in [5, 5.41) is 4.85. The van der Waals surface area contributed by atoms with Crippen LogP contribution in [0, 0.1) is 17.5 Å². The van der Waals surface area contributed by atoms with Crippen LogP contribution in [-0.2, 0) is 14.0 Å². The Kier molecular flexibility index (Phi) is 4.04. The van der Waals surface area contributed by atoms with E-state index in [-0.39, 0.29) is 21.3 Å². The highest BCUT2D eigenvalue weighted by Gasteiger charge is 2.17. The summed E-state index contributed by atoms with van der Waals surface area (Å²) in [6, 6.07) is 3.56. The number of fused-ring (bicyclic) bond motifs is 1. The van der Waals surface area contributed by atoms with Gasteiger partial charge in [-0.2, -0.15) is 5.10 Å². The second kappa shape index (κ2) is 7.02. The number of nitrogens with zero attached hydrogens (tertiary/aromatic N) is 5. The third kappa shape index (κ3) is 3.22. The van der Waals surface area contributed by atoms with Gasteiger partial charge in [0.2, 0.25) is 5.62 Å². The fourth-order valence-electron chi connectivity index (χ4n) is 2.83. The Morgan fingerprint density at radius 2 is 1.87 bits per heavy atom. The van der Waals surface area contributed by atoms with Gasteiger partial charge in [-0.3, -0.25) is 9.67 Å². The number of halogens is 4. The highest BCUT2D eigenvalue weighted by atomic mass is 35.5. The smallest absolute Gasteiger partial charge is 0.277 e. The van der Waals surface area contributed by atoms with Crippen molar-refractivity contribution in [3.63, 3.8) is 0 Å². The average Bonchev–Trinajstić information content (AvgIpc) is 3.04. The predicted molar refractivity (Wildman–Crippen MR) is 102 cm³/mol. The van der Waals surface area contributed by atoms with Crippen molar-refractivity contribution in [1.29, 1.82) is 0 Å². The van der Waals surface area contributed by atoms with Crippen LogP contribution < -0.4 is 17.0 Å². The number of aromatic nitrogens is 5. The van der Waals surface area contributed by atoms with Gasteiger partial charge in [0.1, 0.15) is 0 Å². The largest absolute Gasteiger partial charge is 0.339 e. The maximum atomic E-state index is 14.5. The molecule has 154 valence electrons. The molecule has 0 radical (unpaired) electrons. The number of aryl methyl sites for hydroxylation is 1. The first-order valence-corrected chi connectivity index (χ1v) is 8.59. The van der Waals surface area contributed by atoms with Gasteiger partial charge in [-0.15, -0.1) is 0 Å². The predicted octanol–water partition coefficient (Wildman–Crippen LogP) is 2.05. The number of hydrogen-bond acceptors (Lipinski definition) is 4. The van der Waals surface area contributed by atoms with Crippen molar-refractivity contribution in [2.24, 2.45) is 19.0 Å². The van der Waals surface area contributed by atoms with E-state index in [1.165, 1.54) is 16.8 Å². The maximum absolute atomic E-state index is 14.5. The molecule has 4 rings (SSSR count). The second-order valence-corrected chi connectivity index (χ2v) is 6.64. The van der Waals surface area contributed by atoms with Gasteiger partial charge >= 0.3 is 11.4 Å². The number of H-pyrrole nitrogens is 1. The Hall–Kier alpha value is -3.60. The van der Waals surface area contributed by atoms with Crippen LogP contribution in [-0.4, -0.2) is 23.9 Å². The summed E-state index contributed by atoms with van der Waals surface area (Å²) in [6.45, 7) is -2.12. The lowest BCUT2D eigenvalue weighted by atomic mass is 10.2. The first-order chi connectivity index (χ1) is 15.1. The molecule has 30 heavy (non-hydrogen) atoms. The van der Waals surface area contributed by atoms with Gasteiger partial charge < -0.3 is 0 Å². The summed E-state index contributed by atoms with van der Waals surface area (Å²) in [4.78, 5) is 31.4. The highest BCUT2D eigenvalue weighted by Crippen LogP contribution is 2.29. The van der Waals surface area contributed by atoms with E-state index in [1.54, 1.807) is 13.2 Å². The van der Waals surface area contributed by atoms with Crippen molar-refractivity contribution in [2.45, 2.75) is 0 Å². The fraction of sp³-hybridized carbons (Fsp3) is 0.111. The molecule has 2 aromatic carbocycles. The monoisotopic (exact) mass is 438 g/mol. The molecule has 12 heteroatoms. The van der Waals surface area contributed by atoms with Gasteiger partial charge in [0, 0.05) is 40.5 Å². The summed E-state index contributed by atoms with van der Waals surface area (Å²) in [6.07, 6.45) is 1.65. The Morgan fingerprint density at radius 3 is 2.60 bits per heavy atom. The van der Waals surface area contributed by atoms with Gasteiger partial charge in [0.25, 0.3) is 0 Å². The van der Waals surface area contributed by atoms with Crippen LogP contribution in [0.4, 0.5) is 18.9 Å². The van der Waals surface area contributed by atoms with E-state index in [2.05, 4.69) is 15.1 Å². The first kappa shape index (κ1) is 17.3. The molecule has 1 N–H and O–H groups in total. The van der Waals surface area contributed by atoms with Crippen molar-refractivity contribution in [3.05, 3.63) is 79.5 Å². The lowest BCUT2D eigenvalue weighted by Crippen LogP contribution is -2.48. The average molecular weight is 439 g/mol. The zero-order valence-electron chi connectivity index (χ0n) is 17.0. The lowest BCUT2D eigenvalue weighted by Gasteiger charge is -2.10. The van der Waals surface area contributed by atoms with E-state index in [0.717, 1.165) is 0 Å². The van der Waals surface area contributed by atoms with Crippen molar-refractivity contribution in [1.82, 2.24) is 23.9 Å². The normalized spacial score (nSPS) is 13.2. The van der Waals surface area contributed by atoms with E-state index in [1.807, 2.05) is 0 Å². The number of hydrogen-bond donors (Lipinski definition) is 1. The minimum atomic E-state index is -2.12. The molecule has 4 aromatic rings. The Bertz CT molecular complexity index is 1570. The molecule has 0 saturated carbocycles. The highest BCUT2D eigenvalue weighted by molar-refractivity contribution is 6.33. The minimum Gasteiger partial charge on any atom is -0.277 e. The van der Waals surface area contributed by atoms with Crippen LogP contribution in [0.2, 0.25) is 5.02 Å². The number of aromatic amines is 1. The van der Waals surface area contributed by atoms with E-state index < -0.39 is 47.1 Å². The van der Waals surface area contributed by atoms with Crippen LogP contribution in [0.25, 0.3) is 16.6 Å². The fourth-order valence-corrected chi connectivity index (χ4v) is 3.03. The quantitative estimate of drug-likeness (QED) is 0.486. The molecular formula is C18H12ClF3N6O2. The van der Waals surface area contributed by atoms with E-state index in [4.69, 9.17) is 14.3 Å². The molecule has 0 aliphatic carbocycles. The van der Waals surface area contributed by atoms with E-state index >= 15 is 0 Å². The van der Waals surface area contributed by atoms with Crippen LogP contribution in [0.15, 0.2) is 45.0 Å². The Labute approximate surface area is 172 Å². The molecule has 0 amide bonds. The SMILES string of the molecule is [2H]C([2H])n1c(=O)[nH]/c(=N\c2cc3cn(C)nc3cc2Cl)n(-c2cc(F)c(F)cc2F)c1=O. The summed E-state index contributed by atoms with van der Waals surface area (Å²) < 4.78 is 58.7. The topological polar surface area (TPSA) is 90.0 Å². The minimum absolute atomic E-state index is 0.0463. The molecule has 0 spiro atoms. The first-order valence-electron chi connectivity index (χ1n) is 9.37. The van der Waals surface area contributed by atoms with Crippen molar-refractivity contribution < 1.29 is 15.9 Å². The second-order valence-electron chi connectivity index (χ2n) is 6.24. The Balaban J connectivity index is 2.12. The summed E-state index contributed by atoms with van der Waals surface area (Å²) in [7, 11) is 1.68. The summed E-state index contributed by atoms with van der Waals surface area (Å²) in [5.74, 6) is -4.32. The molecular weight excluding hydrogens is 425 g/mol. The van der Waals surface area contributed by atoms with Crippen molar-refractivity contribution in [2.75, 3.05) is 0 Å². The van der Waals surface area contributed by atoms with Crippen LogP contribution in [0.3, 0.4) is 0 Å². The summed E-state index contributed by atoms with van der Waals surface area (Å²) >= 11 is 6.23. The van der Waals surface area contributed by atoms with E-state index in [9.17, 15) is 22.8 Å². The molecule has 0 aliphatic heterocycles. The molecule has 2 aromatic heterocycles. The molecule has 0 bridgehead atoms. The molecule has 0 unspecified atom stereocenters. The van der Waals surface area contributed by atoms with Gasteiger partial charge in [-0.25, -0.2) is 36.9 Å². The van der Waals surface area contributed by atoms with Gasteiger partial charge in [-0.1, -0.05) is 11.6 Å². The van der Waals surface area contributed by atoms with Crippen LogP contribution in [0.5, 0.6) is 0 Å². The summed E-state index contributed by atoms with van der Waals surface area (Å²) in [5.41, 5.74) is -3.37. The molecule has 0 fully saturated rings. The van der Waals surface area contributed by atoms with Crippen molar-refractivity contribution in [3.8, 4) is 5.69 Å². The molecule has 2 heterocycles. The van der Waals surface area contributed by atoms with Crippen LogP contribution in [0.1, 0.15) is 2.74 Å². The Morgan fingerprint density at radius 1 is 1.13 bits per heavy atom.